The van der Waals surface area contributed by atoms with Crippen molar-refractivity contribution in [1.82, 2.24) is 0 Å². The minimum absolute atomic E-state index is 0.0221. The van der Waals surface area contributed by atoms with Gasteiger partial charge in [-0.3, -0.25) is 0 Å². The lowest BCUT2D eigenvalue weighted by atomic mass is 9.34. The number of hydrogen-bond acceptors (Lipinski definition) is 5. The van der Waals surface area contributed by atoms with Crippen molar-refractivity contribution in [3.8, 4) is 28.4 Å². The molecule has 7 aromatic rings. The summed E-state index contributed by atoms with van der Waals surface area (Å²) in [4.78, 5) is 4.86. The molecule has 4 aliphatic rings. The summed E-state index contributed by atoms with van der Waals surface area (Å²) in [5.41, 5.74) is 13.6. The normalized spacial score (nSPS) is 15.4. The van der Waals surface area contributed by atoms with Gasteiger partial charge in [-0.1, -0.05) is 72.8 Å². The average molecular weight is 647 g/mol. The summed E-state index contributed by atoms with van der Waals surface area (Å²) in [7, 11) is 0. The molecule has 0 atom stereocenters. The third-order valence-electron chi connectivity index (χ3n) is 10.7. The summed E-state index contributed by atoms with van der Waals surface area (Å²) in [5, 5.41) is 1.10. The van der Waals surface area contributed by atoms with Crippen molar-refractivity contribution in [2.24, 2.45) is 0 Å². The van der Waals surface area contributed by atoms with Crippen molar-refractivity contribution in [3.05, 3.63) is 151 Å². The molecule has 50 heavy (non-hydrogen) atoms. The number of fused-ring (bicyclic) bond motifs is 6. The topological polar surface area (TPSA) is 38.1 Å². The second-order valence-corrected chi connectivity index (χ2v) is 13.5. The van der Waals surface area contributed by atoms with Crippen molar-refractivity contribution >= 4 is 62.5 Å². The van der Waals surface area contributed by atoms with Crippen LogP contribution in [0.25, 0.3) is 22.1 Å². The first kappa shape index (κ1) is 27.8. The van der Waals surface area contributed by atoms with E-state index in [1.807, 2.05) is 6.07 Å². The molecule has 0 N–H and O–H groups in total. The lowest BCUT2D eigenvalue weighted by molar-refractivity contribution is 0.363. The van der Waals surface area contributed by atoms with E-state index in [9.17, 15) is 0 Å². The zero-order chi connectivity index (χ0) is 32.8. The van der Waals surface area contributed by atoms with Crippen LogP contribution in [0.15, 0.2) is 156 Å². The first-order chi connectivity index (χ1) is 24.8. The summed E-state index contributed by atoms with van der Waals surface area (Å²) >= 11 is 0. The number of rotatable bonds is 3. The fourth-order valence-electron chi connectivity index (χ4n) is 8.56. The average Bonchev–Trinajstić information content (AvgIpc) is 3.66. The van der Waals surface area contributed by atoms with Crippen LogP contribution in [0.1, 0.15) is 25.7 Å². The number of allylic oxidation sites excluding steroid dienone is 2. The van der Waals surface area contributed by atoms with E-state index in [2.05, 4.69) is 137 Å². The van der Waals surface area contributed by atoms with Gasteiger partial charge in [0.05, 0.1) is 17.6 Å². The molecule has 6 heteroatoms. The Morgan fingerprint density at radius 2 is 1.38 bits per heavy atom. The van der Waals surface area contributed by atoms with Crippen LogP contribution in [0, 0.1) is 0 Å². The van der Waals surface area contributed by atoms with E-state index in [0.717, 1.165) is 105 Å². The Balaban J connectivity index is 1.15. The Hall–Kier alpha value is -6.14. The van der Waals surface area contributed by atoms with Gasteiger partial charge in [0.2, 0.25) is 0 Å². The highest BCUT2D eigenvalue weighted by Gasteiger charge is 2.42. The molecule has 0 bridgehead atoms. The minimum atomic E-state index is -0.0221. The number of anilines is 5. The lowest BCUT2D eigenvalue weighted by Crippen LogP contribution is -2.59. The molecule has 0 saturated carbocycles. The summed E-state index contributed by atoms with van der Waals surface area (Å²) in [6.07, 6.45) is 6.03. The van der Waals surface area contributed by atoms with Gasteiger partial charge in [-0.15, -0.1) is 0 Å². The number of para-hydroxylation sites is 4. The van der Waals surface area contributed by atoms with Crippen molar-refractivity contribution in [1.29, 1.82) is 0 Å². The van der Waals surface area contributed by atoms with Gasteiger partial charge in [-0.05, 0) is 102 Å². The zero-order valence-corrected chi connectivity index (χ0v) is 27.3. The molecule has 0 saturated heterocycles. The van der Waals surface area contributed by atoms with Crippen LogP contribution in [0.5, 0.6) is 17.2 Å². The van der Waals surface area contributed by atoms with Crippen LogP contribution in [0.3, 0.4) is 0 Å². The van der Waals surface area contributed by atoms with E-state index in [1.54, 1.807) is 6.26 Å². The number of benzene rings is 6. The summed E-state index contributed by atoms with van der Waals surface area (Å²) in [5.74, 6) is 3.80. The molecule has 0 fully saturated rings. The van der Waals surface area contributed by atoms with E-state index < -0.39 is 0 Å². The standard InChI is InChI=1S/C44H31BN2O3/c1-2-11-30(12-3-1)46-37-16-9-19-42-43(37)45(34-26-29(20-23-39(34)49-42)32-13-8-10-28-24-25-48-44(28)32)33-22-21-31(27-38(33)46)47-35-14-4-6-17-40(35)50-41-18-7-5-15-36(41)47/h1-4,6,8-14,16-17,19-27H,5,7,15,18H2. The maximum atomic E-state index is 6.73. The smallest absolute Gasteiger partial charge is 0.256 e. The van der Waals surface area contributed by atoms with E-state index >= 15 is 0 Å². The molecule has 6 aromatic carbocycles. The third kappa shape index (κ3) is 4.02. The molecule has 0 amide bonds. The van der Waals surface area contributed by atoms with Gasteiger partial charge in [-0.25, -0.2) is 0 Å². The molecule has 0 unspecified atom stereocenters. The number of nitrogens with zero attached hydrogens (tertiary/aromatic N) is 2. The molecule has 4 heterocycles. The number of hydrogen-bond donors (Lipinski definition) is 0. The van der Waals surface area contributed by atoms with Gasteiger partial charge in [-0.2, -0.15) is 0 Å². The van der Waals surface area contributed by atoms with Gasteiger partial charge >= 0.3 is 0 Å². The quantitative estimate of drug-likeness (QED) is 0.179. The molecule has 5 nitrogen and oxygen atoms in total. The SMILES string of the molecule is c1ccc(N2c3cc(N4C5=C(CCCC5)Oc5ccccc54)ccc3B3c4cc(-c5cccc6ccoc56)ccc4Oc4cccc2c43)cc1. The number of ether oxygens (including phenoxy) is 2. The largest absolute Gasteiger partial charge is 0.464 e. The highest BCUT2D eigenvalue weighted by atomic mass is 16.5. The Bertz CT molecular complexity index is 2540. The Morgan fingerprint density at radius 3 is 2.34 bits per heavy atom. The van der Waals surface area contributed by atoms with E-state index in [0.29, 0.717) is 0 Å². The summed E-state index contributed by atoms with van der Waals surface area (Å²) in [6, 6.07) is 47.6. The monoisotopic (exact) mass is 646 g/mol. The first-order valence-electron chi connectivity index (χ1n) is 17.5. The predicted molar refractivity (Wildman–Crippen MR) is 202 cm³/mol. The molecule has 1 aromatic heterocycles. The third-order valence-corrected chi connectivity index (χ3v) is 10.7. The maximum absolute atomic E-state index is 6.73. The number of furan rings is 1. The van der Waals surface area contributed by atoms with Gasteiger partial charge in [0.1, 0.15) is 22.8 Å². The van der Waals surface area contributed by atoms with Gasteiger partial charge in [0, 0.05) is 40.1 Å². The molecular weight excluding hydrogens is 615 g/mol. The van der Waals surface area contributed by atoms with Crippen molar-refractivity contribution in [2.45, 2.75) is 25.7 Å². The van der Waals surface area contributed by atoms with E-state index in [4.69, 9.17) is 13.9 Å². The van der Waals surface area contributed by atoms with Crippen molar-refractivity contribution in [2.75, 3.05) is 9.80 Å². The van der Waals surface area contributed by atoms with Crippen LogP contribution < -0.4 is 35.7 Å². The molecule has 0 radical (unpaired) electrons. The summed E-state index contributed by atoms with van der Waals surface area (Å²) in [6.45, 7) is -0.0221. The van der Waals surface area contributed by atoms with E-state index in [1.165, 1.54) is 16.6 Å². The predicted octanol–water partition coefficient (Wildman–Crippen LogP) is 9.82. The highest BCUT2D eigenvalue weighted by molar-refractivity contribution is 6.99. The van der Waals surface area contributed by atoms with Gasteiger partial charge in [0.25, 0.3) is 6.71 Å². The van der Waals surface area contributed by atoms with Crippen LogP contribution in [0.2, 0.25) is 0 Å². The van der Waals surface area contributed by atoms with E-state index in [-0.39, 0.29) is 6.71 Å². The fraction of sp³-hybridized carbons (Fsp3) is 0.0909. The van der Waals surface area contributed by atoms with Crippen LogP contribution >= 0.6 is 0 Å². The Labute approximate surface area is 290 Å². The Morgan fingerprint density at radius 1 is 0.540 bits per heavy atom. The molecule has 11 rings (SSSR count). The Kier molecular flexibility index (Phi) is 5.93. The highest BCUT2D eigenvalue weighted by Crippen LogP contribution is 2.48. The minimum Gasteiger partial charge on any atom is -0.464 e. The van der Waals surface area contributed by atoms with Crippen molar-refractivity contribution in [3.63, 3.8) is 0 Å². The zero-order valence-electron chi connectivity index (χ0n) is 27.3. The fourth-order valence-corrected chi connectivity index (χ4v) is 8.56. The lowest BCUT2D eigenvalue weighted by Gasteiger charge is -2.41. The van der Waals surface area contributed by atoms with Crippen molar-refractivity contribution < 1.29 is 13.9 Å². The maximum Gasteiger partial charge on any atom is 0.256 e. The second kappa shape index (κ2) is 10.7. The molecule has 1 aliphatic carbocycles. The summed E-state index contributed by atoms with van der Waals surface area (Å²) < 4.78 is 19.2. The van der Waals surface area contributed by atoms with Gasteiger partial charge in [0.15, 0.2) is 5.75 Å². The van der Waals surface area contributed by atoms with Crippen LogP contribution in [-0.4, -0.2) is 6.71 Å². The molecule has 0 spiro atoms. The van der Waals surface area contributed by atoms with Crippen LogP contribution in [0.4, 0.5) is 28.4 Å². The molecule has 238 valence electrons. The van der Waals surface area contributed by atoms with Gasteiger partial charge < -0.3 is 23.7 Å². The molecule has 3 aliphatic heterocycles. The first-order valence-corrected chi connectivity index (χ1v) is 17.5. The molecular formula is C44H31BN2O3. The van der Waals surface area contributed by atoms with Crippen LogP contribution in [-0.2, 0) is 0 Å². The second-order valence-electron chi connectivity index (χ2n) is 13.5.